The lowest BCUT2D eigenvalue weighted by Gasteiger charge is -2.14. The second-order valence-corrected chi connectivity index (χ2v) is 5.63. The molecule has 0 fully saturated rings. The molecule has 2 aromatic carbocycles. The number of benzene rings is 2. The lowest BCUT2D eigenvalue weighted by Crippen LogP contribution is -2.34. The minimum atomic E-state index is -1.01. The molecule has 0 aromatic heterocycles. The second kappa shape index (κ2) is 8.13. The normalized spacial score (nSPS) is 11.7. The third-order valence-corrected chi connectivity index (χ3v) is 3.72. The minimum Gasteiger partial charge on any atom is -0.478 e. The fraction of sp³-hybridized carbons (Fsp3) is 0.263. The van der Waals surface area contributed by atoms with Crippen LogP contribution in [-0.4, -0.2) is 23.0 Å². The first-order valence-electron chi connectivity index (χ1n) is 7.70. The van der Waals surface area contributed by atoms with Crippen LogP contribution in [0.5, 0.6) is 0 Å². The fourth-order valence-electron chi connectivity index (χ4n) is 2.48. The smallest absolute Gasteiger partial charge is 0.335 e. The third-order valence-electron chi connectivity index (χ3n) is 3.72. The van der Waals surface area contributed by atoms with Crippen LogP contribution in [0.2, 0.25) is 0 Å². The van der Waals surface area contributed by atoms with Gasteiger partial charge < -0.3 is 10.4 Å². The summed E-state index contributed by atoms with van der Waals surface area (Å²) < 4.78 is 0. The van der Waals surface area contributed by atoms with Crippen molar-refractivity contribution < 1.29 is 14.7 Å². The van der Waals surface area contributed by atoms with Crippen LogP contribution in [0.1, 0.15) is 34.8 Å². The van der Waals surface area contributed by atoms with E-state index >= 15 is 0 Å². The van der Waals surface area contributed by atoms with Gasteiger partial charge in [-0.2, -0.15) is 0 Å². The molecule has 0 radical (unpaired) electrons. The Balaban J connectivity index is 1.86. The number of carboxylic acid groups (broad SMARTS) is 1. The van der Waals surface area contributed by atoms with E-state index in [1.165, 1.54) is 11.6 Å². The number of carboxylic acids is 1. The van der Waals surface area contributed by atoms with Crippen LogP contribution < -0.4 is 5.32 Å². The SMILES string of the molecule is CC(CCc1ccccc1)NC(=O)Cc1ccccc1C(=O)O. The first-order valence-corrected chi connectivity index (χ1v) is 7.70. The van der Waals surface area contributed by atoms with Gasteiger partial charge >= 0.3 is 5.97 Å². The van der Waals surface area contributed by atoms with E-state index in [0.717, 1.165) is 12.8 Å². The Morgan fingerprint density at radius 3 is 2.39 bits per heavy atom. The average Bonchev–Trinajstić information content (AvgIpc) is 2.54. The van der Waals surface area contributed by atoms with E-state index in [-0.39, 0.29) is 23.9 Å². The molecule has 0 aliphatic heterocycles. The predicted molar refractivity (Wildman–Crippen MR) is 89.5 cm³/mol. The molecule has 0 bridgehead atoms. The van der Waals surface area contributed by atoms with Gasteiger partial charge in [-0.05, 0) is 37.0 Å². The molecule has 0 heterocycles. The molecule has 1 atom stereocenters. The fourth-order valence-corrected chi connectivity index (χ4v) is 2.48. The lowest BCUT2D eigenvalue weighted by molar-refractivity contribution is -0.121. The molecule has 1 amide bonds. The summed E-state index contributed by atoms with van der Waals surface area (Å²) in [4.78, 5) is 23.3. The van der Waals surface area contributed by atoms with Crippen molar-refractivity contribution in [1.29, 1.82) is 0 Å². The molecule has 1 unspecified atom stereocenters. The van der Waals surface area contributed by atoms with Crippen LogP contribution in [0.3, 0.4) is 0 Å². The molecule has 120 valence electrons. The minimum absolute atomic E-state index is 0.0414. The molecular formula is C19H21NO3. The molecular weight excluding hydrogens is 290 g/mol. The highest BCUT2D eigenvalue weighted by Crippen LogP contribution is 2.10. The summed E-state index contributed by atoms with van der Waals surface area (Å²) in [7, 11) is 0. The van der Waals surface area contributed by atoms with Crippen LogP contribution in [-0.2, 0) is 17.6 Å². The molecule has 2 rings (SSSR count). The lowest BCUT2D eigenvalue weighted by atomic mass is 10.0. The number of amides is 1. The van der Waals surface area contributed by atoms with Gasteiger partial charge in [-0.1, -0.05) is 48.5 Å². The summed E-state index contributed by atoms with van der Waals surface area (Å²) >= 11 is 0. The molecule has 0 aliphatic carbocycles. The van der Waals surface area contributed by atoms with Crippen LogP contribution in [0.4, 0.5) is 0 Å². The molecule has 2 N–H and O–H groups in total. The maximum atomic E-state index is 12.1. The van der Waals surface area contributed by atoms with E-state index in [0.29, 0.717) is 5.56 Å². The molecule has 0 saturated heterocycles. The molecule has 4 heteroatoms. The largest absolute Gasteiger partial charge is 0.478 e. The van der Waals surface area contributed by atoms with Gasteiger partial charge in [0.15, 0.2) is 0 Å². The van der Waals surface area contributed by atoms with Gasteiger partial charge in [0.2, 0.25) is 5.91 Å². The average molecular weight is 311 g/mol. The van der Waals surface area contributed by atoms with E-state index in [1.807, 2.05) is 25.1 Å². The Morgan fingerprint density at radius 1 is 1.04 bits per heavy atom. The van der Waals surface area contributed by atoms with Gasteiger partial charge in [-0.25, -0.2) is 4.79 Å². The molecule has 2 aromatic rings. The first kappa shape index (κ1) is 16.7. The second-order valence-electron chi connectivity index (χ2n) is 5.63. The van der Waals surface area contributed by atoms with Crippen molar-refractivity contribution in [2.24, 2.45) is 0 Å². The van der Waals surface area contributed by atoms with Gasteiger partial charge in [0.05, 0.1) is 12.0 Å². The van der Waals surface area contributed by atoms with Crippen molar-refractivity contribution in [3.63, 3.8) is 0 Å². The van der Waals surface area contributed by atoms with Crippen LogP contribution in [0, 0.1) is 0 Å². The van der Waals surface area contributed by atoms with Crippen molar-refractivity contribution in [1.82, 2.24) is 5.32 Å². The Labute approximate surface area is 136 Å². The highest BCUT2D eigenvalue weighted by Gasteiger charge is 2.14. The Kier molecular flexibility index (Phi) is 5.92. The maximum absolute atomic E-state index is 12.1. The molecule has 0 spiro atoms. The van der Waals surface area contributed by atoms with E-state index in [4.69, 9.17) is 5.11 Å². The number of nitrogens with one attached hydrogen (secondary N) is 1. The summed E-state index contributed by atoms with van der Waals surface area (Å²) in [6.45, 7) is 1.96. The zero-order valence-electron chi connectivity index (χ0n) is 13.2. The van der Waals surface area contributed by atoms with Crippen molar-refractivity contribution in [3.05, 3.63) is 71.3 Å². The Bertz CT molecular complexity index is 667. The quantitative estimate of drug-likeness (QED) is 0.826. The number of aromatic carboxylic acids is 1. The van der Waals surface area contributed by atoms with Crippen molar-refractivity contribution in [3.8, 4) is 0 Å². The third kappa shape index (κ3) is 5.25. The van der Waals surface area contributed by atoms with Crippen LogP contribution in [0.15, 0.2) is 54.6 Å². The summed E-state index contributed by atoms with van der Waals surface area (Å²) in [5.74, 6) is -1.16. The maximum Gasteiger partial charge on any atom is 0.335 e. The van der Waals surface area contributed by atoms with Gasteiger partial charge in [-0.15, -0.1) is 0 Å². The van der Waals surface area contributed by atoms with E-state index in [2.05, 4.69) is 17.4 Å². The Hall–Kier alpha value is -2.62. The van der Waals surface area contributed by atoms with Crippen molar-refractivity contribution in [2.45, 2.75) is 32.2 Å². The number of rotatable bonds is 7. The number of carbonyl (C=O) groups excluding carboxylic acids is 1. The zero-order chi connectivity index (χ0) is 16.7. The molecule has 4 nitrogen and oxygen atoms in total. The summed E-state index contributed by atoms with van der Waals surface area (Å²) in [6.07, 6.45) is 1.82. The summed E-state index contributed by atoms with van der Waals surface area (Å²) in [5, 5.41) is 12.1. The number of carbonyl (C=O) groups is 2. The molecule has 0 saturated carbocycles. The number of hydrogen-bond acceptors (Lipinski definition) is 2. The Morgan fingerprint density at radius 2 is 1.70 bits per heavy atom. The molecule has 23 heavy (non-hydrogen) atoms. The predicted octanol–water partition coefficient (Wildman–Crippen LogP) is 3.06. The zero-order valence-corrected chi connectivity index (χ0v) is 13.2. The van der Waals surface area contributed by atoms with Crippen LogP contribution in [0.25, 0.3) is 0 Å². The highest BCUT2D eigenvalue weighted by molar-refractivity contribution is 5.91. The van der Waals surface area contributed by atoms with Crippen molar-refractivity contribution >= 4 is 11.9 Å². The first-order chi connectivity index (χ1) is 11.1. The monoisotopic (exact) mass is 311 g/mol. The van der Waals surface area contributed by atoms with E-state index in [1.54, 1.807) is 18.2 Å². The molecule has 0 aliphatic rings. The standard InChI is InChI=1S/C19H21NO3/c1-14(11-12-15-7-3-2-4-8-15)20-18(21)13-16-9-5-6-10-17(16)19(22)23/h2-10,14H,11-13H2,1H3,(H,20,21)(H,22,23). The van der Waals surface area contributed by atoms with E-state index in [9.17, 15) is 9.59 Å². The highest BCUT2D eigenvalue weighted by atomic mass is 16.4. The summed E-state index contributed by atoms with van der Waals surface area (Å²) in [5.41, 5.74) is 1.96. The van der Waals surface area contributed by atoms with Gasteiger partial charge in [0.1, 0.15) is 0 Å². The van der Waals surface area contributed by atoms with Gasteiger partial charge in [0.25, 0.3) is 0 Å². The number of aryl methyl sites for hydroxylation is 1. The van der Waals surface area contributed by atoms with Crippen LogP contribution >= 0.6 is 0 Å². The van der Waals surface area contributed by atoms with Gasteiger partial charge in [-0.3, -0.25) is 4.79 Å². The number of hydrogen-bond donors (Lipinski definition) is 2. The summed E-state index contributed by atoms with van der Waals surface area (Å²) in [6, 6.07) is 16.8. The van der Waals surface area contributed by atoms with E-state index < -0.39 is 5.97 Å². The topological polar surface area (TPSA) is 66.4 Å². The van der Waals surface area contributed by atoms with Crippen molar-refractivity contribution in [2.75, 3.05) is 0 Å². The van der Waals surface area contributed by atoms with Gasteiger partial charge in [0, 0.05) is 6.04 Å².